The van der Waals surface area contributed by atoms with Gasteiger partial charge in [0.1, 0.15) is 6.07 Å². The molecule has 0 amide bonds. The van der Waals surface area contributed by atoms with Crippen molar-refractivity contribution < 1.29 is 8.42 Å². The average Bonchev–Trinajstić information content (AvgIpc) is 2.64. The lowest BCUT2D eigenvalue weighted by atomic mass is 10.1. The minimum Gasteiger partial charge on any atom is -0.276 e. The van der Waals surface area contributed by atoms with Crippen molar-refractivity contribution in [1.29, 1.82) is 5.26 Å². The van der Waals surface area contributed by atoms with Crippen LogP contribution in [0.5, 0.6) is 0 Å². The molecule has 3 aromatic rings. The number of anilines is 1. The van der Waals surface area contributed by atoms with E-state index in [-0.39, 0.29) is 21.3 Å². The van der Waals surface area contributed by atoms with E-state index in [0.29, 0.717) is 0 Å². The third-order valence-corrected chi connectivity index (χ3v) is 5.17. The topological polar surface area (TPSA) is 82.8 Å². The van der Waals surface area contributed by atoms with E-state index < -0.39 is 10.0 Å². The predicted octanol–water partition coefficient (Wildman–Crippen LogP) is 4.07. The fourth-order valence-electron chi connectivity index (χ4n) is 2.24. The first-order chi connectivity index (χ1) is 12.0. The highest BCUT2D eigenvalue weighted by Gasteiger charge is 2.17. The van der Waals surface area contributed by atoms with Crippen LogP contribution < -0.4 is 4.72 Å². The molecule has 7 heteroatoms. The molecule has 0 aliphatic rings. The molecule has 0 aliphatic carbocycles. The van der Waals surface area contributed by atoms with Crippen molar-refractivity contribution in [3.8, 4) is 17.2 Å². The Hall–Kier alpha value is -2.88. The molecule has 2 aromatic carbocycles. The van der Waals surface area contributed by atoms with Gasteiger partial charge in [-0.1, -0.05) is 54.1 Å². The van der Waals surface area contributed by atoms with Crippen LogP contribution in [0.3, 0.4) is 0 Å². The monoisotopic (exact) mass is 369 g/mol. The third-order valence-electron chi connectivity index (χ3n) is 3.48. The van der Waals surface area contributed by atoms with Crippen LogP contribution in [-0.4, -0.2) is 13.4 Å². The maximum atomic E-state index is 12.5. The summed E-state index contributed by atoms with van der Waals surface area (Å²) in [6.07, 6.45) is 1.27. The van der Waals surface area contributed by atoms with Crippen LogP contribution in [-0.2, 0) is 10.0 Å². The highest BCUT2D eigenvalue weighted by Crippen LogP contribution is 2.25. The Morgan fingerprint density at radius 1 is 1.00 bits per heavy atom. The van der Waals surface area contributed by atoms with Crippen molar-refractivity contribution in [1.82, 2.24) is 4.98 Å². The molecule has 1 N–H and O–H groups in total. The molecule has 0 spiro atoms. The Labute approximate surface area is 150 Å². The predicted molar refractivity (Wildman–Crippen MR) is 96.6 cm³/mol. The van der Waals surface area contributed by atoms with Crippen LogP contribution in [0.2, 0.25) is 5.15 Å². The molecule has 3 rings (SSSR count). The van der Waals surface area contributed by atoms with E-state index in [1.54, 1.807) is 12.1 Å². The van der Waals surface area contributed by atoms with Gasteiger partial charge in [0.05, 0.1) is 16.1 Å². The summed E-state index contributed by atoms with van der Waals surface area (Å²) in [4.78, 5) is 3.89. The van der Waals surface area contributed by atoms with Gasteiger partial charge in [-0.3, -0.25) is 4.72 Å². The Kier molecular flexibility index (Phi) is 4.70. The van der Waals surface area contributed by atoms with Gasteiger partial charge in [0, 0.05) is 6.20 Å². The van der Waals surface area contributed by atoms with Crippen LogP contribution >= 0.6 is 11.6 Å². The summed E-state index contributed by atoms with van der Waals surface area (Å²) in [6.45, 7) is 0. The van der Waals surface area contributed by atoms with Crippen molar-refractivity contribution >= 4 is 27.3 Å². The first-order valence-electron chi connectivity index (χ1n) is 7.23. The Morgan fingerprint density at radius 3 is 2.28 bits per heavy atom. The molecule has 0 fully saturated rings. The van der Waals surface area contributed by atoms with Crippen molar-refractivity contribution in [3.63, 3.8) is 0 Å². The normalized spacial score (nSPS) is 10.9. The number of hydrogen-bond acceptors (Lipinski definition) is 4. The molecule has 124 valence electrons. The van der Waals surface area contributed by atoms with Crippen molar-refractivity contribution in [2.24, 2.45) is 0 Å². The summed E-state index contributed by atoms with van der Waals surface area (Å²) in [7, 11) is -3.84. The molecule has 0 bridgehead atoms. The average molecular weight is 370 g/mol. The van der Waals surface area contributed by atoms with Crippen LogP contribution in [0.1, 0.15) is 5.56 Å². The summed E-state index contributed by atoms with van der Waals surface area (Å²) in [6, 6.07) is 19.4. The Balaban J connectivity index is 1.89. The van der Waals surface area contributed by atoms with E-state index in [4.69, 9.17) is 16.9 Å². The summed E-state index contributed by atoms with van der Waals surface area (Å²) < 4.78 is 27.4. The largest absolute Gasteiger partial charge is 0.276 e. The molecule has 0 aliphatic heterocycles. The van der Waals surface area contributed by atoms with Crippen LogP contribution in [0.15, 0.2) is 71.8 Å². The number of aromatic nitrogens is 1. The zero-order chi connectivity index (χ0) is 17.9. The van der Waals surface area contributed by atoms with E-state index >= 15 is 0 Å². The molecule has 5 nitrogen and oxygen atoms in total. The van der Waals surface area contributed by atoms with Gasteiger partial charge in [-0.05, 0) is 29.3 Å². The minimum atomic E-state index is -3.84. The second-order valence-corrected chi connectivity index (χ2v) is 7.21. The summed E-state index contributed by atoms with van der Waals surface area (Å²) in [5, 5.41) is 8.87. The first kappa shape index (κ1) is 17.0. The van der Waals surface area contributed by atoms with E-state index in [2.05, 4.69) is 9.71 Å². The lowest BCUT2D eigenvalue weighted by Crippen LogP contribution is -2.13. The number of nitriles is 1. The molecular weight excluding hydrogens is 358 g/mol. The number of halogens is 1. The SMILES string of the molecule is N#Cc1cnc(Cl)c(NS(=O)(=O)c2ccc(-c3ccccc3)cc2)c1. The second-order valence-electron chi connectivity index (χ2n) is 5.17. The summed E-state index contributed by atoms with van der Waals surface area (Å²) in [5.41, 5.74) is 2.17. The van der Waals surface area contributed by atoms with Crippen molar-refractivity contribution in [2.45, 2.75) is 4.90 Å². The van der Waals surface area contributed by atoms with E-state index in [1.807, 2.05) is 36.4 Å². The van der Waals surface area contributed by atoms with E-state index in [0.717, 1.165) is 11.1 Å². The number of nitrogens with one attached hydrogen (secondary N) is 1. The second kappa shape index (κ2) is 6.93. The van der Waals surface area contributed by atoms with Gasteiger partial charge in [0.25, 0.3) is 10.0 Å². The van der Waals surface area contributed by atoms with E-state index in [1.165, 1.54) is 24.4 Å². The Bertz CT molecular complexity index is 1040. The molecule has 25 heavy (non-hydrogen) atoms. The standard InChI is InChI=1S/C18H12ClN3O2S/c19-18-17(10-13(11-20)12-21-18)22-25(23,24)16-8-6-15(7-9-16)14-4-2-1-3-5-14/h1-10,12,22H. The number of rotatable bonds is 4. The van der Waals surface area contributed by atoms with Gasteiger partial charge >= 0.3 is 0 Å². The zero-order valence-electron chi connectivity index (χ0n) is 12.8. The van der Waals surface area contributed by atoms with Gasteiger partial charge < -0.3 is 0 Å². The molecule has 0 atom stereocenters. The van der Waals surface area contributed by atoms with Crippen LogP contribution in [0.25, 0.3) is 11.1 Å². The lowest BCUT2D eigenvalue weighted by Gasteiger charge is -2.10. The fourth-order valence-corrected chi connectivity index (χ4v) is 3.51. The Morgan fingerprint density at radius 2 is 1.64 bits per heavy atom. The maximum absolute atomic E-state index is 12.5. The highest BCUT2D eigenvalue weighted by atomic mass is 35.5. The van der Waals surface area contributed by atoms with Gasteiger partial charge in [-0.2, -0.15) is 5.26 Å². The third kappa shape index (κ3) is 3.79. The number of benzene rings is 2. The first-order valence-corrected chi connectivity index (χ1v) is 9.10. The fraction of sp³-hybridized carbons (Fsp3) is 0. The van der Waals surface area contributed by atoms with Crippen molar-refractivity contribution in [2.75, 3.05) is 4.72 Å². The molecule has 0 saturated heterocycles. The van der Waals surface area contributed by atoms with E-state index in [9.17, 15) is 8.42 Å². The summed E-state index contributed by atoms with van der Waals surface area (Å²) >= 11 is 5.90. The quantitative estimate of drug-likeness (QED) is 0.702. The number of sulfonamides is 1. The van der Waals surface area contributed by atoms with Crippen LogP contribution in [0, 0.1) is 11.3 Å². The zero-order valence-corrected chi connectivity index (χ0v) is 14.4. The smallest absolute Gasteiger partial charge is 0.261 e. The number of pyridine rings is 1. The maximum Gasteiger partial charge on any atom is 0.261 e. The number of hydrogen-bond donors (Lipinski definition) is 1. The molecule has 0 unspecified atom stereocenters. The molecule has 0 saturated carbocycles. The van der Waals surface area contributed by atoms with Gasteiger partial charge in [-0.15, -0.1) is 0 Å². The van der Waals surface area contributed by atoms with Crippen molar-refractivity contribution in [3.05, 3.63) is 77.6 Å². The molecule has 1 aromatic heterocycles. The molecular formula is C18H12ClN3O2S. The van der Waals surface area contributed by atoms with Gasteiger partial charge in [0.15, 0.2) is 5.15 Å². The highest BCUT2D eigenvalue weighted by molar-refractivity contribution is 7.92. The molecule has 1 heterocycles. The summed E-state index contributed by atoms with van der Waals surface area (Å²) in [5.74, 6) is 0. The minimum absolute atomic E-state index is 0.0246. The lowest BCUT2D eigenvalue weighted by molar-refractivity contribution is 0.601. The molecule has 0 radical (unpaired) electrons. The van der Waals surface area contributed by atoms with Gasteiger partial charge in [-0.25, -0.2) is 13.4 Å². The number of nitrogens with zero attached hydrogens (tertiary/aromatic N) is 2. The van der Waals surface area contributed by atoms with Gasteiger partial charge in [0.2, 0.25) is 0 Å². The van der Waals surface area contributed by atoms with Crippen LogP contribution in [0.4, 0.5) is 5.69 Å².